The van der Waals surface area contributed by atoms with Crippen LogP contribution in [0.4, 0.5) is 4.79 Å². The number of aliphatic hydroxyl groups is 1. The second-order valence-electron chi connectivity index (χ2n) is 8.16. The molecule has 0 saturated carbocycles. The van der Waals surface area contributed by atoms with E-state index in [0.717, 1.165) is 63.6 Å². The van der Waals surface area contributed by atoms with Gasteiger partial charge in [-0.2, -0.15) is 5.10 Å². The highest BCUT2D eigenvalue weighted by Crippen LogP contribution is 2.36. The van der Waals surface area contributed by atoms with Crippen molar-refractivity contribution in [1.82, 2.24) is 29.5 Å². The Morgan fingerprint density at radius 3 is 2.58 bits per heavy atom. The van der Waals surface area contributed by atoms with E-state index in [0.29, 0.717) is 19.5 Å². The molecule has 0 radical (unpaired) electrons. The van der Waals surface area contributed by atoms with Gasteiger partial charge in [0.2, 0.25) is 0 Å². The molecule has 0 bridgehead atoms. The number of piperidine rings is 2. The van der Waals surface area contributed by atoms with Crippen LogP contribution in [0.1, 0.15) is 37.3 Å². The number of fused-ring (bicyclic) bond motifs is 1. The summed E-state index contributed by atoms with van der Waals surface area (Å²) in [5.74, 6) is 1.84. The lowest BCUT2D eigenvalue weighted by Gasteiger charge is -2.50. The largest absolute Gasteiger partial charge is 0.389 e. The van der Waals surface area contributed by atoms with E-state index in [2.05, 4.69) is 15.0 Å². The molecule has 3 aliphatic rings. The predicted molar refractivity (Wildman–Crippen MR) is 96.5 cm³/mol. The van der Waals surface area contributed by atoms with Gasteiger partial charge in [0.1, 0.15) is 11.6 Å². The quantitative estimate of drug-likeness (QED) is 0.834. The van der Waals surface area contributed by atoms with Gasteiger partial charge in [-0.05, 0) is 32.6 Å². The van der Waals surface area contributed by atoms with E-state index in [1.54, 1.807) is 0 Å². The average Bonchev–Trinajstić information content (AvgIpc) is 3.24. The number of likely N-dealkylation sites (tertiary alicyclic amines) is 3. The van der Waals surface area contributed by atoms with E-state index in [4.69, 9.17) is 0 Å². The molecule has 0 aliphatic carbocycles. The first-order valence-electron chi connectivity index (χ1n) is 9.80. The van der Waals surface area contributed by atoms with Crippen molar-refractivity contribution >= 4 is 6.03 Å². The number of nitrogens with zero attached hydrogens (tertiary/aromatic N) is 6. The van der Waals surface area contributed by atoms with Gasteiger partial charge in [-0.1, -0.05) is 0 Å². The predicted octanol–water partition coefficient (Wildman–Crippen LogP) is 0.598. The van der Waals surface area contributed by atoms with E-state index in [1.807, 2.05) is 28.5 Å². The SMILES string of the molecule is Cc1nc(CN2CC[C@@]3(O)CCN(C(=O)N4CCCC4)C[C@H]3C2)n(C)n1. The zero-order chi connectivity index (χ0) is 18.3. The van der Waals surface area contributed by atoms with Gasteiger partial charge in [-0.3, -0.25) is 9.58 Å². The summed E-state index contributed by atoms with van der Waals surface area (Å²) in [6, 6.07) is 0.158. The van der Waals surface area contributed by atoms with Crippen molar-refractivity contribution in [3.63, 3.8) is 0 Å². The molecule has 144 valence electrons. The first-order valence-corrected chi connectivity index (χ1v) is 9.80. The second kappa shape index (κ2) is 6.81. The Morgan fingerprint density at radius 1 is 1.15 bits per heavy atom. The summed E-state index contributed by atoms with van der Waals surface area (Å²) < 4.78 is 1.83. The summed E-state index contributed by atoms with van der Waals surface area (Å²) in [7, 11) is 1.92. The Labute approximate surface area is 154 Å². The lowest BCUT2D eigenvalue weighted by atomic mass is 9.75. The molecule has 1 aromatic rings. The Morgan fingerprint density at radius 2 is 1.88 bits per heavy atom. The molecule has 3 fully saturated rings. The lowest BCUT2D eigenvalue weighted by Crippen LogP contribution is -2.61. The Hall–Kier alpha value is -1.67. The van der Waals surface area contributed by atoms with Gasteiger partial charge in [0.25, 0.3) is 0 Å². The van der Waals surface area contributed by atoms with Crippen molar-refractivity contribution in [3.05, 3.63) is 11.6 Å². The molecule has 0 spiro atoms. The molecule has 4 rings (SSSR count). The van der Waals surface area contributed by atoms with Gasteiger partial charge in [0, 0.05) is 52.2 Å². The Bertz CT molecular complexity index is 671. The van der Waals surface area contributed by atoms with Crippen LogP contribution >= 0.6 is 0 Å². The summed E-state index contributed by atoms with van der Waals surface area (Å²) in [6.07, 6.45) is 3.67. The van der Waals surface area contributed by atoms with Crippen LogP contribution < -0.4 is 0 Å². The molecule has 26 heavy (non-hydrogen) atoms. The monoisotopic (exact) mass is 362 g/mol. The van der Waals surface area contributed by atoms with Gasteiger partial charge in [0.15, 0.2) is 0 Å². The summed E-state index contributed by atoms with van der Waals surface area (Å²) in [4.78, 5) is 23.5. The fraction of sp³-hybridized carbons (Fsp3) is 0.833. The van der Waals surface area contributed by atoms with Crippen LogP contribution in [-0.4, -0.2) is 85.5 Å². The third-order valence-electron chi connectivity index (χ3n) is 6.33. The van der Waals surface area contributed by atoms with Crippen LogP contribution in [0.15, 0.2) is 0 Å². The summed E-state index contributed by atoms with van der Waals surface area (Å²) in [5, 5.41) is 15.4. The number of amides is 2. The molecular formula is C18H30N6O2. The maximum Gasteiger partial charge on any atom is 0.320 e. The molecule has 1 aromatic heterocycles. The molecule has 8 nitrogen and oxygen atoms in total. The number of hydrogen-bond acceptors (Lipinski definition) is 5. The van der Waals surface area contributed by atoms with Crippen LogP contribution in [0.25, 0.3) is 0 Å². The molecule has 3 aliphatic heterocycles. The van der Waals surface area contributed by atoms with Crippen molar-refractivity contribution in [2.24, 2.45) is 13.0 Å². The molecule has 4 heterocycles. The van der Waals surface area contributed by atoms with Crippen molar-refractivity contribution in [2.75, 3.05) is 39.3 Å². The van der Waals surface area contributed by atoms with Gasteiger partial charge in [-0.15, -0.1) is 0 Å². The van der Waals surface area contributed by atoms with E-state index in [-0.39, 0.29) is 11.9 Å². The summed E-state index contributed by atoms with van der Waals surface area (Å²) >= 11 is 0. The zero-order valence-electron chi connectivity index (χ0n) is 15.9. The van der Waals surface area contributed by atoms with Crippen LogP contribution in [0, 0.1) is 12.8 Å². The maximum absolute atomic E-state index is 12.7. The normalized spacial score (nSPS) is 29.9. The Kier molecular flexibility index (Phi) is 4.64. The highest BCUT2D eigenvalue weighted by Gasteiger charge is 2.46. The molecule has 8 heteroatoms. The molecule has 3 saturated heterocycles. The number of rotatable bonds is 2. The third kappa shape index (κ3) is 3.32. The lowest BCUT2D eigenvalue weighted by molar-refractivity contribution is -0.109. The molecule has 0 unspecified atom stereocenters. The fourth-order valence-corrected chi connectivity index (χ4v) is 4.69. The number of aryl methyl sites for hydroxylation is 2. The number of carbonyl (C=O) groups is 1. The first-order chi connectivity index (χ1) is 12.4. The number of carbonyl (C=O) groups excluding carboxylic acids is 1. The second-order valence-corrected chi connectivity index (χ2v) is 8.16. The number of urea groups is 1. The molecular weight excluding hydrogens is 332 g/mol. The van der Waals surface area contributed by atoms with Crippen LogP contribution in [0.5, 0.6) is 0 Å². The Balaban J connectivity index is 1.41. The van der Waals surface area contributed by atoms with Crippen molar-refractivity contribution in [2.45, 2.75) is 44.8 Å². The standard InChI is InChI=1S/C18H30N6O2/c1-14-19-16(21(2)20-14)13-22-9-5-18(26)6-10-24(12-15(18)11-22)17(25)23-7-3-4-8-23/h15,26H,3-13H2,1-2H3/t15-,18-/m1/s1. The maximum atomic E-state index is 12.7. The number of aromatic nitrogens is 3. The molecule has 2 amide bonds. The van der Waals surface area contributed by atoms with Crippen molar-refractivity contribution in [3.8, 4) is 0 Å². The van der Waals surface area contributed by atoms with E-state index < -0.39 is 5.60 Å². The highest BCUT2D eigenvalue weighted by atomic mass is 16.3. The van der Waals surface area contributed by atoms with E-state index >= 15 is 0 Å². The van der Waals surface area contributed by atoms with Gasteiger partial charge in [0.05, 0.1) is 12.1 Å². The number of hydrogen-bond donors (Lipinski definition) is 1. The average molecular weight is 362 g/mol. The van der Waals surface area contributed by atoms with Gasteiger partial charge in [-0.25, -0.2) is 9.78 Å². The smallest absolute Gasteiger partial charge is 0.320 e. The minimum atomic E-state index is -0.631. The highest BCUT2D eigenvalue weighted by molar-refractivity contribution is 5.74. The zero-order valence-corrected chi connectivity index (χ0v) is 15.9. The van der Waals surface area contributed by atoms with Crippen molar-refractivity contribution in [1.29, 1.82) is 0 Å². The van der Waals surface area contributed by atoms with E-state index in [9.17, 15) is 9.90 Å². The minimum absolute atomic E-state index is 0.103. The van der Waals surface area contributed by atoms with Gasteiger partial charge < -0.3 is 14.9 Å². The molecule has 1 N–H and O–H groups in total. The topological polar surface area (TPSA) is 77.7 Å². The van der Waals surface area contributed by atoms with Gasteiger partial charge >= 0.3 is 6.03 Å². The van der Waals surface area contributed by atoms with Crippen LogP contribution in [0.3, 0.4) is 0 Å². The summed E-state index contributed by atoms with van der Waals surface area (Å²) in [5.41, 5.74) is -0.631. The van der Waals surface area contributed by atoms with Crippen LogP contribution in [-0.2, 0) is 13.6 Å². The molecule has 2 atom stereocenters. The molecule has 0 aromatic carbocycles. The van der Waals surface area contributed by atoms with Crippen LogP contribution in [0.2, 0.25) is 0 Å². The van der Waals surface area contributed by atoms with Crippen molar-refractivity contribution < 1.29 is 9.90 Å². The fourth-order valence-electron chi connectivity index (χ4n) is 4.69. The van der Waals surface area contributed by atoms with E-state index in [1.165, 1.54) is 0 Å². The summed E-state index contributed by atoms with van der Waals surface area (Å²) in [6.45, 7) is 7.38. The third-order valence-corrected chi connectivity index (χ3v) is 6.33. The first kappa shape index (κ1) is 17.7. The minimum Gasteiger partial charge on any atom is -0.389 e.